The van der Waals surface area contributed by atoms with Gasteiger partial charge in [-0.05, 0) is 44.0 Å². The molecule has 0 unspecified atom stereocenters. The number of hydrogen-bond donors (Lipinski definition) is 0. The number of amides is 2. The van der Waals surface area contributed by atoms with Crippen molar-refractivity contribution in [2.24, 2.45) is 0 Å². The zero-order valence-corrected chi connectivity index (χ0v) is 15.0. The molecule has 136 valence electrons. The fourth-order valence-corrected chi connectivity index (χ4v) is 2.93. The van der Waals surface area contributed by atoms with E-state index < -0.39 is 5.97 Å². The van der Waals surface area contributed by atoms with E-state index in [9.17, 15) is 14.4 Å². The molecule has 1 aromatic rings. The van der Waals surface area contributed by atoms with E-state index in [1.165, 1.54) is 11.8 Å². The largest absolute Gasteiger partial charge is 0.462 e. The lowest BCUT2D eigenvalue weighted by atomic mass is 10.2. The van der Waals surface area contributed by atoms with Gasteiger partial charge in [-0.15, -0.1) is 0 Å². The molecule has 1 saturated heterocycles. The van der Waals surface area contributed by atoms with Crippen LogP contribution in [0.5, 0.6) is 0 Å². The Labute approximate surface area is 148 Å². The van der Waals surface area contributed by atoms with Crippen LogP contribution in [0.1, 0.15) is 49.9 Å². The van der Waals surface area contributed by atoms with Gasteiger partial charge in [0.05, 0.1) is 12.2 Å². The van der Waals surface area contributed by atoms with Crippen molar-refractivity contribution < 1.29 is 19.1 Å². The van der Waals surface area contributed by atoms with Gasteiger partial charge in [0, 0.05) is 25.7 Å². The van der Waals surface area contributed by atoms with Crippen LogP contribution < -0.4 is 4.90 Å². The SMILES string of the molecule is CCOC(=O)c1ccc(N(CC(=O)N2CCCCCC2)C(C)=O)cc1. The predicted octanol–water partition coefficient (Wildman–Crippen LogP) is 2.62. The molecule has 2 amide bonds. The molecule has 1 fully saturated rings. The van der Waals surface area contributed by atoms with Gasteiger partial charge < -0.3 is 14.5 Å². The van der Waals surface area contributed by atoms with E-state index in [0.717, 1.165) is 38.8 Å². The fourth-order valence-electron chi connectivity index (χ4n) is 2.93. The van der Waals surface area contributed by atoms with Gasteiger partial charge in [-0.3, -0.25) is 9.59 Å². The number of nitrogens with zero attached hydrogens (tertiary/aromatic N) is 2. The summed E-state index contributed by atoms with van der Waals surface area (Å²) in [6.07, 6.45) is 4.32. The number of likely N-dealkylation sites (tertiary alicyclic amines) is 1. The topological polar surface area (TPSA) is 66.9 Å². The smallest absolute Gasteiger partial charge is 0.338 e. The maximum Gasteiger partial charge on any atom is 0.338 e. The number of ether oxygens (including phenoxy) is 1. The minimum atomic E-state index is -0.399. The Hall–Kier alpha value is -2.37. The Kier molecular flexibility index (Phi) is 6.98. The van der Waals surface area contributed by atoms with Crippen LogP contribution in [0, 0.1) is 0 Å². The Morgan fingerprint density at radius 3 is 2.16 bits per heavy atom. The maximum absolute atomic E-state index is 12.6. The van der Waals surface area contributed by atoms with Crippen LogP contribution in [-0.2, 0) is 14.3 Å². The molecule has 0 aromatic heterocycles. The molecule has 0 radical (unpaired) electrons. The summed E-state index contributed by atoms with van der Waals surface area (Å²) in [6, 6.07) is 6.56. The highest BCUT2D eigenvalue weighted by Gasteiger charge is 2.21. The highest BCUT2D eigenvalue weighted by Crippen LogP contribution is 2.17. The van der Waals surface area contributed by atoms with Crippen molar-refractivity contribution in [3.05, 3.63) is 29.8 Å². The third kappa shape index (κ3) is 5.31. The number of benzene rings is 1. The summed E-state index contributed by atoms with van der Waals surface area (Å²) in [4.78, 5) is 39.6. The lowest BCUT2D eigenvalue weighted by Crippen LogP contribution is -2.42. The molecule has 0 atom stereocenters. The molecule has 1 heterocycles. The Balaban J connectivity index is 2.08. The quantitative estimate of drug-likeness (QED) is 0.769. The summed E-state index contributed by atoms with van der Waals surface area (Å²) in [7, 11) is 0. The third-order valence-corrected chi connectivity index (χ3v) is 4.32. The monoisotopic (exact) mass is 346 g/mol. The van der Waals surface area contributed by atoms with Crippen LogP contribution in [0.4, 0.5) is 5.69 Å². The summed E-state index contributed by atoms with van der Waals surface area (Å²) in [5.74, 6) is -0.636. The zero-order chi connectivity index (χ0) is 18.2. The molecule has 25 heavy (non-hydrogen) atoms. The first kappa shape index (κ1) is 19.0. The lowest BCUT2D eigenvalue weighted by molar-refractivity contribution is -0.131. The first-order valence-corrected chi connectivity index (χ1v) is 8.86. The van der Waals surface area contributed by atoms with E-state index in [1.807, 2.05) is 4.90 Å². The van der Waals surface area contributed by atoms with E-state index >= 15 is 0 Å². The average Bonchev–Trinajstić information content (AvgIpc) is 2.89. The van der Waals surface area contributed by atoms with Gasteiger partial charge in [0.25, 0.3) is 0 Å². The van der Waals surface area contributed by atoms with Crippen molar-refractivity contribution in [3.8, 4) is 0 Å². The first-order valence-electron chi connectivity index (χ1n) is 8.86. The molecule has 6 heteroatoms. The molecular weight excluding hydrogens is 320 g/mol. The van der Waals surface area contributed by atoms with Gasteiger partial charge in [-0.1, -0.05) is 12.8 Å². The van der Waals surface area contributed by atoms with Crippen LogP contribution >= 0.6 is 0 Å². The minimum absolute atomic E-state index is 0.0219. The fraction of sp³-hybridized carbons (Fsp3) is 0.526. The second-order valence-electron chi connectivity index (χ2n) is 6.17. The summed E-state index contributed by atoms with van der Waals surface area (Å²) in [6.45, 7) is 5.03. The van der Waals surface area contributed by atoms with Gasteiger partial charge >= 0.3 is 5.97 Å². The number of esters is 1. The molecule has 0 saturated carbocycles. The lowest BCUT2D eigenvalue weighted by Gasteiger charge is -2.26. The van der Waals surface area contributed by atoms with E-state index in [-0.39, 0.29) is 18.4 Å². The number of carbonyl (C=O) groups excluding carboxylic acids is 3. The third-order valence-electron chi connectivity index (χ3n) is 4.32. The van der Waals surface area contributed by atoms with Crippen molar-refractivity contribution in [3.63, 3.8) is 0 Å². The van der Waals surface area contributed by atoms with Crippen LogP contribution in [-0.4, -0.2) is 48.9 Å². The van der Waals surface area contributed by atoms with E-state index in [4.69, 9.17) is 4.74 Å². The minimum Gasteiger partial charge on any atom is -0.462 e. The standard InChI is InChI=1S/C19H26N2O4/c1-3-25-19(24)16-8-10-17(11-9-16)21(15(2)22)14-18(23)20-12-6-4-5-7-13-20/h8-11H,3-7,12-14H2,1-2H3. The van der Waals surface area contributed by atoms with E-state index in [1.54, 1.807) is 31.2 Å². The normalized spacial score (nSPS) is 14.6. The zero-order valence-electron chi connectivity index (χ0n) is 15.0. The Morgan fingerprint density at radius 1 is 1.04 bits per heavy atom. The molecule has 1 aromatic carbocycles. The molecular formula is C19H26N2O4. The van der Waals surface area contributed by atoms with Gasteiger partial charge in [0.15, 0.2) is 0 Å². The van der Waals surface area contributed by atoms with Crippen molar-refractivity contribution in [2.75, 3.05) is 31.1 Å². The highest BCUT2D eigenvalue weighted by molar-refractivity contribution is 5.98. The number of rotatable bonds is 5. The van der Waals surface area contributed by atoms with Crippen molar-refractivity contribution in [1.82, 2.24) is 4.90 Å². The molecule has 0 bridgehead atoms. The Morgan fingerprint density at radius 2 is 1.64 bits per heavy atom. The van der Waals surface area contributed by atoms with Gasteiger partial charge in [0.2, 0.25) is 11.8 Å². The van der Waals surface area contributed by atoms with Crippen LogP contribution in [0.25, 0.3) is 0 Å². The molecule has 0 spiro atoms. The Bertz CT molecular complexity index is 604. The van der Waals surface area contributed by atoms with Gasteiger partial charge in [0.1, 0.15) is 6.54 Å². The molecule has 0 aliphatic carbocycles. The number of hydrogen-bond acceptors (Lipinski definition) is 4. The number of carbonyl (C=O) groups is 3. The molecule has 1 aliphatic rings. The summed E-state index contributed by atoms with van der Waals surface area (Å²) in [5.41, 5.74) is 1.02. The van der Waals surface area contributed by atoms with Crippen LogP contribution in [0.15, 0.2) is 24.3 Å². The van der Waals surface area contributed by atoms with Crippen molar-refractivity contribution >= 4 is 23.5 Å². The second-order valence-corrected chi connectivity index (χ2v) is 6.17. The van der Waals surface area contributed by atoms with Gasteiger partial charge in [-0.25, -0.2) is 4.79 Å². The van der Waals surface area contributed by atoms with E-state index in [0.29, 0.717) is 17.9 Å². The average molecular weight is 346 g/mol. The summed E-state index contributed by atoms with van der Waals surface area (Å²) < 4.78 is 4.95. The molecule has 2 rings (SSSR count). The van der Waals surface area contributed by atoms with E-state index in [2.05, 4.69) is 0 Å². The second kappa shape index (κ2) is 9.20. The summed E-state index contributed by atoms with van der Waals surface area (Å²) in [5, 5.41) is 0. The van der Waals surface area contributed by atoms with Crippen molar-refractivity contribution in [2.45, 2.75) is 39.5 Å². The van der Waals surface area contributed by atoms with Crippen LogP contribution in [0.3, 0.4) is 0 Å². The highest BCUT2D eigenvalue weighted by atomic mass is 16.5. The number of anilines is 1. The first-order chi connectivity index (χ1) is 12.0. The summed E-state index contributed by atoms with van der Waals surface area (Å²) >= 11 is 0. The van der Waals surface area contributed by atoms with Crippen molar-refractivity contribution in [1.29, 1.82) is 0 Å². The molecule has 6 nitrogen and oxygen atoms in total. The van der Waals surface area contributed by atoms with Crippen LogP contribution in [0.2, 0.25) is 0 Å². The van der Waals surface area contributed by atoms with Gasteiger partial charge in [-0.2, -0.15) is 0 Å². The maximum atomic E-state index is 12.6. The molecule has 0 N–H and O–H groups in total. The predicted molar refractivity (Wildman–Crippen MR) is 95.5 cm³/mol. The molecule has 1 aliphatic heterocycles.